The first-order chi connectivity index (χ1) is 7.25. The number of halogens is 2. The molecule has 0 saturated heterocycles. The van der Waals surface area contributed by atoms with Crippen molar-refractivity contribution < 1.29 is 0 Å². The molecule has 0 N–H and O–H groups in total. The summed E-state index contributed by atoms with van der Waals surface area (Å²) in [6.07, 6.45) is 0. The van der Waals surface area contributed by atoms with Gasteiger partial charge in [0.15, 0.2) is 4.73 Å². The number of aromatic nitrogens is 2. The molecule has 2 heterocycles. The molecule has 0 aliphatic heterocycles. The van der Waals surface area contributed by atoms with Crippen LogP contribution in [-0.2, 0) is 0 Å². The van der Waals surface area contributed by atoms with E-state index in [1.54, 1.807) is 11.3 Å². The highest BCUT2D eigenvalue weighted by molar-refractivity contribution is 9.11. The predicted octanol–water partition coefficient (Wildman–Crippen LogP) is 4.37. The molecule has 2 aromatic heterocycles. The fraction of sp³-hybridized carbons (Fsp3) is 0. The molecule has 0 saturated carbocycles. The van der Waals surface area contributed by atoms with Crippen LogP contribution in [0.5, 0.6) is 0 Å². The zero-order chi connectivity index (χ0) is 10.4. The van der Waals surface area contributed by atoms with Crippen LogP contribution in [0.4, 0.5) is 0 Å². The molecule has 5 heteroatoms. The SMILES string of the molecule is Brc1nc(Br)c2sc3ccccc3c2n1. The lowest BCUT2D eigenvalue weighted by Gasteiger charge is -1.94. The second kappa shape index (κ2) is 3.50. The number of thiophene rings is 1. The van der Waals surface area contributed by atoms with Crippen LogP contribution in [0.1, 0.15) is 0 Å². The molecule has 0 spiro atoms. The minimum Gasteiger partial charge on any atom is -0.220 e. The molecule has 3 rings (SSSR count). The largest absolute Gasteiger partial charge is 0.220 e. The van der Waals surface area contributed by atoms with Crippen LogP contribution < -0.4 is 0 Å². The highest BCUT2D eigenvalue weighted by atomic mass is 79.9. The van der Waals surface area contributed by atoms with Crippen molar-refractivity contribution >= 4 is 63.5 Å². The van der Waals surface area contributed by atoms with Crippen molar-refractivity contribution in [2.75, 3.05) is 0 Å². The van der Waals surface area contributed by atoms with E-state index in [-0.39, 0.29) is 0 Å². The van der Waals surface area contributed by atoms with E-state index in [4.69, 9.17) is 0 Å². The van der Waals surface area contributed by atoms with Crippen molar-refractivity contribution in [2.24, 2.45) is 0 Å². The Hall–Kier alpha value is -0.520. The molecule has 0 aliphatic carbocycles. The summed E-state index contributed by atoms with van der Waals surface area (Å²) < 4.78 is 3.80. The first-order valence-corrected chi connectivity index (χ1v) is 6.66. The Labute approximate surface area is 107 Å². The molecular formula is C10H4Br2N2S. The van der Waals surface area contributed by atoms with Crippen LogP contribution in [0.2, 0.25) is 0 Å². The highest BCUT2D eigenvalue weighted by Crippen LogP contribution is 2.36. The van der Waals surface area contributed by atoms with Gasteiger partial charge in [0.05, 0.1) is 10.2 Å². The van der Waals surface area contributed by atoms with E-state index < -0.39 is 0 Å². The van der Waals surface area contributed by atoms with Crippen molar-refractivity contribution in [1.29, 1.82) is 0 Å². The first-order valence-electron chi connectivity index (χ1n) is 4.26. The van der Waals surface area contributed by atoms with Gasteiger partial charge in [-0.25, -0.2) is 9.97 Å². The van der Waals surface area contributed by atoms with Crippen molar-refractivity contribution in [1.82, 2.24) is 9.97 Å². The summed E-state index contributed by atoms with van der Waals surface area (Å²) >= 11 is 8.47. The fourth-order valence-corrected chi connectivity index (χ4v) is 3.75. The van der Waals surface area contributed by atoms with Crippen LogP contribution >= 0.6 is 43.2 Å². The zero-order valence-electron chi connectivity index (χ0n) is 7.37. The average Bonchev–Trinajstić information content (AvgIpc) is 2.57. The maximum Gasteiger partial charge on any atom is 0.198 e. The minimum atomic E-state index is 0.616. The van der Waals surface area contributed by atoms with Gasteiger partial charge in [-0.1, -0.05) is 18.2 Å². The van der Waals surface area contributed by atoms with Gasteiger partial charge in [-0.05, 0) is 37.9 Å². The maximum absolute atomic E-state index is 4.41. The Balaban J connectivity index is 2.61. The summed E-state index contributed by atoms with van der Waals surface area (Å²) in [5, 5.41) is 1.18. The van der Waals surface area contributed by atoms with Crippen LogP contribution in [0.3, 0.4) is 0 Å². The quantitative estimate of drug-likeness (QED) is 0.447. The van der Waals surface area contributed by atoms with Crippen molar-refractivity contribution in [2.45, 2.75) is 0 Å². The second-order valence-corrected chi connectivity index (χ2v) is 5.57. The van der Waals surface area contributed by atoms with Crippen LogP contribution in [0.15, 0.2) is 33.6 Å². The summed E-state index contributed by atoms with van der Waals surface area (Å²) in [6, 6.07) is 8.24. The Morgan fingerprint density at radius 1 is 1.07 bits per heavy atom. The van der Waals surface area contributed by atoms with E-state index in [0.29, 0.717) is 4.73 Å². The van der Waals surface area contributed by atoms with E-state index in [1.807, 2.05) is 12.1 Å². The molecule has 0 fully saturated rings. The Morgan fingerprint density at radius 2 is 1.87 bits per heavy atom. The van der Waals surface area contributed by atoms with Gasteiger partial charge in [-0.3, -0.25) is 0 Å². The van der Waals surface area contributed by atoms with Gasteiger partial charge in [-0.2, -0.15) is 0 Å². The number of benzene rings is 1. The summed E-state index contributed by atoms with van der Waals surface area (Å²) in [5.74, 6) is 0. The second-order valence-electron chi connectivity index (χ2n) is 3.06. The van der Waals surface area contributed by atoms with Gasteiger partial charge in [0.2, 0.25) is 0 Å². The Bertz CT molecular complexity index is 663. The van der Waals surface area contributed by atoms with E-state index in [9.17, 15) is 0 Å². The van der Waals surface area contributed by atoms with E-state index in [0.717, 1.165) is 14.8 Å². The van der Waals surface area contributed by atoms with Gasteiger partial charge in [-0.15, -0.1) is 11.3 Å². The van der Waals surface area contributed by atoms with Crippen LogP contribution in [0, 0.1) is 0 Å². The first kappa shape index (κ1) is 9.69. The third kappa shape index (κ3) is 1.49. The number of nitrogens with zero attached hydrogens (tertiary/aromatic N) is 2. The van der Waals surface area contributed by atoms with Gasteiger partial charge in [0, 0.05) is 10.1 Å². The summed E-state index contributed by atoms with van der Waals surface area (Å²) in [7, 11) is 0. The fourth-order valence-electron chi connectivity index (χ4n) is 1.53. The lowest BCUT2D eigenvalue weighted by atomic mass is 10.2. The molecule has 3 aromatic rings. The molecule has 1 aromatic carbocycles. The molecule has 0 unspecified atom stereocenters. The summed E-state index contributed by atoms with van der Waals surface area (Å²) in [6.45, 7) is 0. The molecule has 74 valence electrons. The maximum atomic E-state index is 4.41. The average molecular weight is 344 g/mol. The van der Waals surface area contributed by atoms with Crippen LogP contribution in [-0.4, -0.2) is 9.97 Å². The van der Waals surface area contributed by atoms with E-state index >= 15 is 0 Å². The van der Waals surface area contributed by atoms with Crippen LogP contribution in [0.25, 0.3) is 20.3 Å². The smallest absolute Gasteiger partial charge is 0.198 e. The van der Waals surface area contributed by atoms with Crippen molar-refractivity contribution in [3.8, 4) is 0 Å². The number of rotatable bonds is 0. The standard InChI is InChI=1S/C10H4Br2N2S/c11-9-8-7(13-10(12)14-9)5-3-1-2-4-6(5)15-8/h1-4H. The molecule has 0 bridgehead atoms. The van der Waals surface area contributed by atoms with Gasteiger partial charge < -0.3 is 0 Å². The Kier molecular flexibility index (Phi) is 2.26. The lowest BCUT2D eigenvalue weighted by molar-refractivity contribution is 1.14. The number of hydrogen-bond acceptors (Lipinski definition) is 3. The van der Waals surface area contributed by atoms with Gasteiger partial charge in [0.25, 0.3) is 0 Å². The normalized spacial score (nSPS) is 11.3. The topological polar surface area (TPSA) is 25.8 Å². The van der Waals surface area contributed by atoms with Gasteiger partial charge >= 0.3 is 0 Å². The van der Waals surface area contributed by atoms with Gasteiger partial charge in [0.1, 0.15) is 4.60 Å². The van der Waals surface area contributed by atoms with Crippen molar-refractivity contribution in [3.63, 3.8) is 0 Å². The highest BCUT2D eigenvalue weighted by Gasteiger charge is 2.10. The molecule has 0 amide bonds. The molecule has 2 nitrogen and oxygen atoms in total. The lowest BCUT2D eigenvalue weighted by Crippen LogP contribution is -1.83. The molecule has 0 radical (unpaired) electrons. The minimum absolute atomic E-state index is 0.616. The number of fused-ring (bicyclic) bond motifs is 3. The van der Waals surface area contributed by atoms with E-state index in [1.165, 1.54) is 10.1 Å². The predicted molar refractivity (Wildman–Crippen MR) is 70.3 cm³/mol. The zero-order valence-corrected chi connectivity index (χ0v) is 11.4. The Morgan fingerprint density at radius 3 is 2.73 bits per heavy atom. The van der Waals surface area contributed by atoms with E-state index in [2.05, 4.69) is 54.0 Å². The third-order valence-electron chi connectivity index (χ3n) is 2.15. The third-order valence-corrected chi connectivity index (χ3v) is 4.51. The molecule has 15 heavy (non-hydrogen) atoms. The summed E-state index contributed by atoms with van der Waals surface area (Å²) in [4.78, 5) is 8.64. The molecular weight excluding hydrogens is 340 g/mol. The molecule has 0 aliphatic rings. The number of hydrogen-bond donors (Lipinski definition) is 0. The molecule has 0 atom stereocenters. The van der Waals surface area contributed by atoms with Crippen molar-refractivity contribution in [3.05, 3.63) is 33.6 Å². The summed E-state index contributed by atoms with van der Waals surface area (Å²) in [5.41, 5.74) is 1.00. The monoisotopic (exact) mass is 342 g/mol.